The smallest absolute Gasteiger partial charge is 0.0469 e. The Kier molecular flexibility index (Phi) is 8.17. The number of benzene rings is 2. The molecule has 0 atom stereocenters. The lowest BCUT2D eigenvalue weighted by molar-refractivity contribution is 0.145. The predicted octanol–water partition coefficient (Wildman–Crippen LogP) is 5.52. The number of rotatable bonds is 10. The summed E-state index contributed by atoms with van der Waals surface area (Å²) in [6.45, 7) is 8.91. The molecule has 2 rings (SSSR count). The van der Waals surface area contributed by atoms with E-state index in [1.165, 1.54) is 33.4 Å². The minimum Gasteiger partial charge on any atom is -0.385 e. The van der Waals surface area contributed by atoms with Gasteiger partial charge in [-0.05, 0) is 79.8 Å². The minimum atomic E-state index is 0.800. The van der Waals surface area contributed by atoms with Gasteiger partial charge < -0.3 is 9.47 Å². The van der Waals surface area contributed by atoms with E-state index in [9.17, 15) is 0 Å². The number of ether oxygens (including phenoxy) is 2. The van der Waals surface area contributed by atoms with Crippen molar-refractivity contribution in [3.63, 3.8) is 0 Å². The van der Waals surface area contributed by atoms with E-state index in [-0.39, 0.29) is 0 Å². The second-order valence-electron chi connectivity index (χ2n) is 6.70. The van der Waals surface area contributed by atoms with E-state index in [1.54, 1.807) is 7.11 Å². The summed E-state index contributed by atoms with van der Waals surface area (Å²) in [5.74, 6) is 0. The van der Waals surface area contributed by atoms with Crippen molar-refractivity contribution in [2.24, 2.45) is 0 Å². The SMILES string of the molecule is CCOCCCc1ccc(C)c(-c2cc(CCCOC)ccc2C)c1. The molecule has 0 radical (unpaired) electrons. The van der Waals surface area contributed by atoms with Gasteiger partial charge in [-0.3, -0.25) is 0 Å². The van der Waals surface area contributed by atoms with Crippen LogP contribution in [0.3, 0.4) is 0 Å². The van der Waals surface area contributed by atoms with Gasteiger partial charge in [-0.15, -0.1) is 0 Å². The molecule has 0 amide bonds. The molecule has 0 aromatic heterocycles. The first kappa shape index (κ1) is 19.7. The van der Waals surface area contributed by atoms with Crippen LogP contribution in [0.4, 0.5) is 0 Å². The van der Waals surface area contributed by atoms with Crippen LogP contribution in [0, 0.1) is 13.8 Å². The Morgan fingerprint density at radius 2 is 1.28 bits per heavy atom. The Morgan fingerprint density at radius 1 is 0.760 bits per heavy atom. The van der Waals surface area contributed by atoms with E-state index >= 15 is 0 Å². The number of hydrogen-bond acceptors (Lipinski definition) is 2. The third-order valence-electron chi connectivity index (χ3n) is 4.67. The Bertz CT molecular complexity index is 661. The van der Waals surface area contributed by atoms with Crippen LogP contribution in [0.2, 0.25) is 0 Å². The molecule has 136 valence electrons. The number of hydrogen-bond donors (Lipinski definition) is 0. The first-order valence-corrected chi connectivity index (χ1v) is 9.41. The standard InChI is InChI=1S/C23H32O2/c1-5-25-15-7-9-21-13-11-19(3)23(17-21)22-16-20(8-6-14-24-4)12-10-18(22)2/h10-13,16-17H,5-9,14-15H2,1-4H3. The maximum Gasteiger partial charge on any atom is 0.0469 e. The molecule has 25 heavy (non-hydrogen) atoms. The monoisotopic (exact) mass is 340 g/mol. The lowest BCUT2D eigenvalue weighted by Crippen LogP contribution is -1.98. The van der Waals surface area contributed by atoms with E-state index in [0.29, 0.717) is 0 Å². The molecule has 0 saturated heterocycles. The maximum atomic E-state index is 5.47. The van der Waals surface area contributed by atoms with Crippen LogP contribution in [-0.2, 0) is 22.3 Å². The zero-order valence-electron chi connectivity index (χ0n) is 16.2. The average Bonchev–Trinajstić information content (AvgIpc) is 2.62. The molecular formula is C23H32O2. The van der Waals surface area contributed by atoms with Crippen molar-refractivity contribution in [2.75, 3.05) is 26.9 Å². The van der Waals surface area contributed by atoms with E-state index in [4.69, 9.17) is 9.47 Å². The quantitative estimate of drug-likeness (QED) is 0.530. The van der Waals surface area contributed by atoms with Gasteiger partial charge >= 0.3 is 0 Å². The zero-order chi connectivity index (χ0) is 18.1. The van der Waals surface area contributed by atoms with Gasteiger partial charge in [0.25, 0.3) is 0 Å². The first-order valence-electron chi connectivity index (χ1n) is 9.41. The predicted molar refractivity (Wildman–Crippen MR) is 106 cm³/mol. The third-order valence-corrected chi connectivity index (χ3v) is 4.67. The van der Waals surface area contributed by atoms with Crippen LogP contribution in [0.25, 0.3) is 11.1 Å². The highest BCUT2D eigenvalue weighted by Gasteiger charge is 2.08. The molecule has 0 spiro atoms. The summed E-state index contributed by atoms with van der Waals surface area (Å²) in [5.41, 5.74) is 8.18. The molecule has 2 aromatic rings. The summed E-state index contributed by atoms with van der Waals surface area (Å²) in [7, 11) is 1.76. The van der Waals surface area contributed by atoms with Crippen molar-refractivity contribution < 1.29 is 9.47 Å². The Balaban J connectivity index is 2.19. The van der Waals surface area contributed by atoms with Crippen molar-refractivity contribution in [1.82, 2.24) is 0 Å². The molecule has 0 N–H and O–H groups in total. The summed E-state index contributed by atoms with van der Waals surface area (Å²) in [6.07, 6.45) is 4.27. The summed E-state index contributed by atoms with van der Waals surface area (Å²) >= 11 is 0. The summed E-state index contributed by atoms with van der Waals surface area (Å²) in [5, 5.41) is 0. The summed E-state index contributed by atoms with van der Waals surface area (Å²) in [4.78, 5) is 0. The largest absolute Gasteiger partial charge is 0.385 e. The van der Waals surface area contributed by atoms with E-state index < -0.39 is 0 Å². The lowest BCUT2D eigenvalue weighted by atomic mass is 9.92. The molecule has 0 aliphatic rings. The van der Waals surface area contributed by atoms with Gasteiger partial charge in [0.2, 0.25) is 0 Å². The fourth-order valence-electron chi connectivity index (χ4n) is 3.17. The molecule has 2 nitrogen and oxygen atoms in total. The normalized spacial score (nSPS) is 11.0. The highest BCUT2D eigenvalue weighted by Crippen LogP contribution is 2.29. The fourth-order valence-corrected chi connectivity index (χ4v) is 3.17. The van der Waals surface area contributed by atoms with Crippen LogP contribution >= 0.6 is 0 Å². The van der Waals surface area contributed by atoms with Crippen molar-refractivity contribution in [2.45, 2.75) is 46.5 Å². The molecule has 0 aliphatic carbocycles. The van der Waals surface area contributed by atoms with Gasteiger partial charge in [-0.1, -0.05) is 36.4 Å². The molecule has 0 aliphatic heterocycles. The average molecular weight is 341 g/mol. The van der Waals surface area contributed by atoms with Gasteiger partial charge in [0.05, 0.1) is 0 Å². The second-order valence-corrected chi connectivity index (χ2v) is 6.70. The maximum absolute atomic E-state index is 5.47. The van der Waals surface area contributed by atoms with Crippen LogP contribution in [0.15, 0.2) is 36.4 Å². The Labute approximate surface area is 153 Å². The van der Waals surface area contributed by atoms with E-state index in [0.717, 1.165) is 45.5 Å². The van der Waals surface area contributed by atoms with Gasteiger partial charge in [0, 0.05) is 26.9 Å². The summed E-state index contributed by atoms with van der Waals surface area (Å²) < 4.78 is 10.6. The topological polar surface area (TPSA) is 18.5 Å². The lowest BCUT2D eigenvalue weighted by Gasteiger charge is -2.14. The highest BCUT2D eigenvalue weighted by atomic mass is 16.5. The minimum absolute atomic E-state index is 0.800. The second kappa shape index (κ2) is 10.4. The first-order chi connectivity index (χ1) is 12.2. The molecule has 0 heterocycles. The van der Waals surface area contributed by atoms with E-state index in [2.05, 4.69) is 50.2 Å². The molecule has 0 unspecified atom stereocenters. The van der Waals surface area contributed by atoms with Crippen molar-refractivity contribution in [3.8, 4) is 11.1 Å². The van der Waals surface area contributed by atoms with Crippen molar-refractivity contribution in [3.05, 3.63) is 58.7 Å². The fraction of sp³-hybridized carbons (Fsp3) is 0.478. The molecule has 0 fully saturated rings. The number of aryl methyl sites for hydroxylation is 4. The van der Waals surface area contributed by atoms with Crippen LogP contribution in [0.5, 0.6) is 0 Å². The van der Waals surface area contributed by atoms with Gasteiger partial charge in [-0.25, -0.2) is 0 Å². The third kappa shape index (κ3) is 5.98. The summed E-state index contributed by atoms with van der Waals surface area (Å²) in [6, 6.07) is 13.7. The molecule has 0 saturated carbocycles. The van der Waals surface area contributed by atoms with Crippen LogP contribution < -0.4 is 0 Å². The zero-order valence-corrected chi connectivity index (χ0v) is 16.2. The van der Waals surface area contributed by atoms with E-state index in [1.807, 2.05) is 6.92 Å². The highest BCUT2D eigenvalue weighted by molar-refractivity contribution is 5.71. The number of methoxy groups -OCH3 is 1. The van der Waals surface area contributed by atoms with Gasteiger partial charge in [0.1, 0.15) is 0 Å². The Morgan fingerprint density at radius 3 is 1.76 bits per heavy atom. The Hall–Kier alpha value is -1.64. The van der Waals surface area contributed by atoms with Crippen molar-refractivity contribution >= 4 is 0 Å². The van der Waals surface area contributed by atoms with Crippen LogP contribution in [0.1, 0.15) is 42.0 Å². The van der Waals surface area contributed by atoms with Gasteiger partial charge in [0.15, 0.2) is 0 Å². The molecule has 2 aromatic carbocycles. The van der Waals surface area contributed by atoms with Gasteiger partial charge in [-0.2, -0.15) is 0 Å². The molecular weight excluding hydrogens is 308 g/mol. The molecule has 2 heteroatoms. The van der Waals surface area contributed by atoms with Crippen molar-refractivity contribution in [1.29, 1.82) is 0 Å². The molecule has 0 bridgehead atoms. The van der Waals surface area contributed by atoms with Crippen LogP contribution in [-0.4, -0.2) is 26.9 Å².